The maximum Gasteiger partial charge on any atom is 0.413 e. The van der Waals surface area contributed by atoms with Crippen LogP contribution in [-0.4, -0.2) is 40.7 Å². The molecule has 0 spiro atoms. The Hall–Kier alpha value is -2.58. The molecule has 1 fully saturated rings. The van der Waals surface area contributed by atoms with Gasteiger partial charge in [0.15, 0.2) is 5.75 Å². The molecule has 2 atom stereocenters. The minimum absolute atomic E-state index is 0.00549. The lowest BCUT2D eigenvalue weighted by Crippen LogP contribution is -2.35. The third-order valence-corrected chi connectivity index (χ3v) is 6.44. The fourth-order valence-electron chi connectivity index (χ4n) is 4.36. The van der Waals surface area contributed by atoms with Crippen LogP contribution in [0.2, 0.25) is 5.02 Å². The van der Waals surface area contributed by atoms with Crippen molar-refractivity contribution in [3.8, 4) is 5.75 Å². The first kappa shape index (κ1) is 22.6. The number of benzene rings is 1. The summed E-state index contributed by atoms with van der Waals surface area (Å²) in [4.78, 5) is 27.7. The molecule has 3 heterocycles. The van der Waals surface area contributed by atoms with Gasteiger partial charge in [0.25, 0.3) is 5.91 Å². The Bertz CT molecular complexity index is 1020. The van der Waals surface area contributed by atoms with Crippen molar-refractivity contribution in [3.05, 3.63) is 52.1 Å². The lowest BCUT2D eigenvalue weighted by Gasteiger charge is -2.24. The van der Waals surface area contributed by atoms with Crippen molar-refractivity contribution in [1.29, 1.82) is 0 Å². The summed E-state index contributed by atoms with van der Waals surface area (Å²) >= 11 is 5.89. The van der Waals surface area contributed by atoms with E-state index < -0.39 is 18.0 Å². The van der Waals surface area contributed by atoms with Crippen LogP contribution in [0.1, 0.15) is 60.9 Å². The van der Waals surface area contributed by atoms with Crippen molar-refractivity contribution < 1.29 is 23.5 Å². The minimum Gasteiger partial charge on any atom is -0.408 e. The molecule has 4 rings (SSSR count). The summed E-state index contributed by atoms with van der Waals surface area (Å²) in [5.41, 5.74) is 1.86. The van der Waals surface area contributed by atoms with E-state index in [-0.39, 0.29) is 23.6 Å². The van der Waals surface area contributed by atoms with Crippen LogP contribution in [0.5, 0.6) is 5.75 Å². The van der Waals surface area contributed by atoms with Crippen molar-refractivity contribution in [2.75, 3.05) is 13.2 Å². The molecule has 1 aromatic heterocycles. The molecule has 0 radical (unpaired) electrons. The van der Waals surface area contributed by atoms with Crippen molar-refractivity contribution in [2.24, 2.45) is 0 Å². The largest absolute Gasteiger partial charge is 0.413 e. The number of fused-ring (bicyclic) bond motifs is 1. The van der Waals surface area contributed by atoms with E-state index in [1.165, 1.54) is 12.1 Å². The van der Waals surface area contributed by atoms with Crippen LogP contribution >= 0.6 is 11.6 Å². The second-order valence-corrected chi connectivity index (χ2v) is 8.61. The first-order valence-electron chi connectivity index (χ1n) is 10.9. The third-order valence-electron chi connectivity index (χ3n) is 6.15. The van der Waals surface area contributed by atoms with E-state index in [4.69, 9.17) is 21.1 Å². The predicted molar refractivity (Wildman–Crippen MR) is 117 cm³/mol. The number of rotatable bonds is 5. The van der Waals surface area contributed by atoms with E-state index in [1.807, 2.05) is 23.3 Å². The highest BCUT2D eigenvalue weighted by atomic mass is 35.5. The average molecular weight is 464 g/mol. The molecule has 2 aromatic rings. The van der Waals surface area contributed by atoms with Gasteiger partial charge in [-0.05, 0) is 43.9 Å². The molecule has 2 amide bonds. The lowest BCUT2D eigenvalue weighted by atomic mass is 10.0. The fraction of sp³-hybridized carbons (Fsp3) is 0.478. The summed E-state index contributed by atoms with van der Waals surface area (Å²) in [5, 5.41) is 2.79. The number of ether oxygens (including phenoxy) is 2. The van der Waals surface area contributed by atoms with Crippen molar-refractivity contribution >= 4 is 23.6 Å². The average Bonchev–Trinajstić information content (AvgIpc) is 3.37. The molecular formula is C23H27ClFN3O4. The Morgan fingerprint density at radius 1 is 1.34 bits per heavy atom. The van der Waals surface area contributed by atoms with E-state index in [1.54, 1.807) is 12.1 Å². The monoisotopic (exact) mass is 463 g/mol. The summed E-state index contributed by atoms with van der Waals surface area (Å²) in [6.45, 7) is 5.94. The van der Waals surface area contributed by atoms with Gasteiger partial charge in [-0.2, -0.15) is 0 Å². The molecule has 1 N–H and O–H groups in total. The van der Waals surface area contributed by atoms with Gasteiger partial charge >= 0.3 is 6.09 Å². The first-order chi connectivity index (χ1) is 15.4. The third kappa shape index (κ3) is 4.47. The molecule has 1 saturated heterocycles. The Labute approximate surface area is 191 Å². The van der Waals surface area contributed by atoms with Crippen LogP contribution < -0.4 is 10.1 Å². The molecule has 0 bridgehead atoms. The number of nitrogens with one attached hydrogen (secondary N) is 1. The molecule has 0 saturated carbocycles. The highest BCUT2D eigenvalue weighted by molar-refractivity contribution is 6.30. The number of aromatic nitrogens is 1. The van der Waals surface area contributed by atoms with Gasteiger partial charge in [0.1, 0.15) is 11.5 Å². The Balaban J connectivity index is 1.53. The van der Waals surface area contributed by atoms with Gasteiger partial charge in [0.05, 0.1) is 30.0 Å². The zero-order valence-corrected chi connectivity index (χ0v) is 19.0. The smallest absolute Gasteiger partial charge is 0.408 e. The van der Waals surface area contributed by atoms with Gasteiger partial charge in [-0.3, -0.25) is 4.79 Å². The number of hydrogen-bond donors (Lipinski definition) is 1. The molecule has 0 aliphatic carbocycles. The van der Waals surface area contributed by atoms with E-state index in [0.29, 0.717) is 42.3 Å². The van der Waals surface area contributed by atoms with E-state index in [2.05, 4.69) is 5.32 Å². The molecule has 172 valence electrons. The quantitative estimate of drug-likeness (QED) is 0.699. The van der Waals surface area contributed by atoms with Gasteiger partial charge in [-0.25, -0.2) is 9.18 Å². The number of nitrogens with zero attached hydrogens (tertiary/aromatic N) is 2. The molecular weight excluding hydrogens is 437 g/mol. The Morgan fingerprint density at radius 2 is 2.16 bits per heavy atom. The molecule has 1 aromatic carbocycles. The summed E-state index contributed by atoms with van der Waals surface area (Å²) < 4.78 is 26.5. The van der Waals surface area contributed by atoms with Gasteiger partial charge in [-0.15, -0.1) is 0 Å². The SMILES string of the molecule is CC[C@@H](NC(=O)Oc1cc(C(=O)N2CCC[C@@H]2C)n2c1COCC2)c1ccc(F)c(Cl)c1. The second-order valence-electron chi connectivity index (χ2n) is 8.20. The molecule has 7 nitrogen and oxygen atoms in total. The maximum absolute atomic E-state index is 13.5. The highest BCUT2D eigenvalue weighted by Crippen LogP contribution is 2.30. The van der Waals surface area contributed by atoms with Gasteiger partial charge in [0, 0.05) is 25.2 Å². The Kier molecular flexibility index (Phi) is 6.71. The molecule has 32 heavy (non-hydrogen) atoms. The first-order valence-corrected chi connectivity index (χ1v) is 11.3. The normalized spacial score (nSPS) is 18.9. The topological polar surface area (TPSA) is 72.8 Å². The predicted octanol–water partition coefficient (Wildman–Crippen LogP) is 4.68. The Morgan fingerprint density at radius 3 is 2.84 bits per heavy atom. The number of carbonyl (C=O) groups excluding carboxylic acids is 2. The van der Waals surface area contributed by atoms with Gasteiger partial charge in [0.2, 0.25) is 0 Å². The van der Waals surface area contributed by atoms with E-state index in [9.17, 15) is 14.0 Å². The van der Waals surface area contributed by atoms with Crippen molar-refractivity contribution in [2.45, 2.75) is 58.3 Å². The second kappa shape index (κ2) is 9.50. The summed E-state index contributed by atoms with van der Waals surface area (Å²) in [6, 6.07) is 5.76. The van der Waals surface area contributed by atoms with Crippen molar-refractivity contribution in [1.82, 2.24) is 14.8 Å². The summed E-state index contributed by atoms with van der Waals surface area (Å²) in [6.07, 6.45) is 1.87. The highest BCUT2D eigenvalue weighted by Gasteiger charge is 2.31. The van der Waals surface area contributed by atoms with Crippen LogP contribution in [-0.2, 0) is 17.9 Å². The summed E-state index contributed by atoms with van der Waals surface area (Å²) in [5.74, 6) is -0.261. The minimum atomic E-state index is -0.662. The van der Waals surface area contributed by atoms with Gasteiger partial charge in [-0.1, -0.05) is 24.6 Å². The van der Waals surface area contributed by atoms with Crippen LogP contribution in [0.15, 0.2) is 24.3 Å². The zero-order valence-electron chi connectivity index (χ0n) is 18.2. The lowest BCUT2D eigenvalue weighted by molar-refractivity contribution is 0.0686. The number of hydrogen-bond acceptors (Lipinski definition) is 4. The van der Waals surface area contributed by atoms with E-state index >= 15 is 0 Å². The standard InChI is InChI=1S/C23H27ClFN3O4/c1-3-18(15-6-7-17(25)16(24)11-15)26-23(30)32-21-12-19(28-9-10-31-13-20(21)28)22(29)27-8-4-5-14(27)2/h6-7,11-12,14,18H,3-5,8-10,13H2,1-2H3,(H,26,30)/t14-,18+/m0/s1. The fourth-order valence-corrected chi connectivity index (χ4v) is 4.55. The number of amides is 2. The molecule has 2 aliphatic heterocycles. The van der Waals surface area contributed by atoms with E-state index in [0.717, 1.165) is 19.4 Å². The van der Waals surface area contributed by atoms with Crippen LogP contribution in [0.25, 0.3) is 0 Å². The van der Waals surface area contributed by atoms with Crippen LogP contribution in [0.4, 0.5) is 9.18 Å². The van der Waals surface area contributed by atoms with Crippen LogP contribution in [0, 0.1) is 5.82 Å². The van der Waals surface area contributed by atoms with Crippen LogP contribution in [0.3, 0.4) is 0 Å². The van der Waals surface area contributed by atoms with Crippen molar-refractivity contribution in [3.63, 3.8) is 0 Å². The molecule has 2 aliphatic rings. The van der Waals surface area contributed by atoms with Gasteiger partial charge < -0.3 is 24.3 Å². The number of halogens is 2. The number of carbonyl (C=O) groups is 2. The molecule has 9 heteroatoms. The number of likely N-dealkylation sites (tertiary alicyclic amines) is 1. The summed E-state index contributed by atoms with van der Waals surface area (Å²) in [7, 11) is 0. The zero-order chi connectivity index (χ0) is 22.8. The maximum atomic E-state index is 13.5. The molecule has 0 unspecified atom stereocenters.